The van der Waals surface area contributed by atoms with E-state index < -0.39 is 0 Å². The SMILES string of the molecule is O=C(Nc1cnc(Cl)cn1)C1CC1c1ccccc1. The van der Waals surface area contributed by atoms with Crippen LogP contribution in [0.1, 0.15) is 17.9 Å². The number of rotatable bonds is 3. The van der Waals surface area contributed by atoms with E-state index in [1.807, 2.05) is 18.2 Å². The Morgan fingerprint density at radius 2 is 2.00 bits per heavy atom. The summed E-state index contributed by atoms with van der Waals surface area (Å²) < 4.78 is 0. The number of hydrogen-bond acceptors (Lipinski definition) is 3. The minimum Gasteiger partial charge on any atom is -0.309 e. The quantitative estimate of drug-likeness (QED) is 0.935. The second-order valence-corrected chi connectivity index (χ2v) is 4.96. The van der Waals surface area contributed by atoms with E-state index in [-0.39, 0.29) is 11.8 Å². The first kappa shape index (κ1) is 12.1. The van der Waals surface area contributed by atoms with Crippen LogP contribution in [0.25, 0.3) is 0 Å². The van der Waals surface area contributed by atoms with Crippen LogP contribution < -0.4 is 5.32 Å². The second kappa shape index (κ2) is 4.97. The van der Waals surface area contributed by atoms with E-state index in [1.165, 1.54) is 18.0 Å². The lowest BCUT2D eigenvalue weighted by molar-refractivity contribution is -0.117. The number of hydrogen-bond donors (Lipinski definition) is 1. The summed E-state index contributed by atoms with van der Waals surface area (Å²) in [4.78, 5) is 19.9. The van der Waals surface area contributed by atoms with Crippen LogP contribution in [-0.4, -0.2) is 15.9 Å². The molecule has 96 valence electrons. The summed E-state index contributed by atoms with van der Waals surface area (Å²) in [7, 11) is 0. The maximum Gasteiger partial charge on any atom is 0.229 e. The van der Waals surface area contributed by atoms with Crippen molar-refractivity contribution in [2.24, 2.45) is 5.92 Å². The number of anilines is 1. The van der Waals surface area contributed by atoms with Crippen molar-refractivity contribution in [3.05, 3.63) is 53.4 Å². The topological polar surface area (TPSA) is 54.9 Å². The highest BCUT2D eigenvalue weighted by Crippen LogP contribution is 2.47. The molecule has 3 rings (SSSR count). The summed E-state index contributed by atoms with van der Waals surface area (Å²) >= 11 is 5.64. The highest BCUT2D eigenvalue weighted by Gasteiger charge is 2.43. The van der Waals surface area contributed by atoms with Crippen LogP contribution in [0.15, 0.2) is 42.7 Å². The summed E-state index contributed by atoms with van der Waals surface area (Å²) in [5, 5.41) is 3.07. The molecule has 1 aliphatic carbocycles. The number of halogens is 1. The van der Waals surface area contributed by atoms with E-state index in [4.69, 9.17) is 11.6 Å². The molecule has 0 aliphatic heterocycles. The predicted molar refractivity (Wildman–Crippen MR) is 73.0 cm³/mol. The third-order valence-corrected chi connectivity index (χ3v) is 3.42. The Labute approximate surface area is 115 Å². The molecule has 1 aromatic heterocycles. The predicted octanol–water partition coefficient (Wildman–Crippen LogP) is 2.87. The number of benzene rings is 1. The van der Waals surface area contributed by atoms with Crippen LogP contribution in [0, 0.1) is 5.92 Å². The molecule has 5 heteroatoms. The van der Waals surface area contributed by atoms with Gasteiger partial charge in [0.15, 0.2) is 5.82 Å². The van der Waals surface area contributed by atoms with Gasteiger partial charge in [-0.25, -0.2) is 9.97 Å². The Kier molecular flexibility index (Phi) is 3.17. The zero-order valence-corrected chi connectivity index (χ0v) is 10.8. The molecule has 1 saturated carbocycles. The van der Waals surface area contributed by atoms with Crippen molar-refractivity contribution in [1.82, 2.24) is 9.97 Å². The number of carbonyl (C=O) groups is 1. The molecule has 19 heavy (non-hydrogen) atoms. The van der Waals surface area contributed by atoms with Crippen molar-refractivity contribution in [3.8, 4) is 0 Å². The first-order valence-corrected chi connectivity index (χ1v) is 6.45. The van der Waals surface area contributed by atoms with Gasteiger partial charge in [-0.1, -0.05) is 41.9 Å². The van der Waals surface area contributed by atoms with Gasteiger partial charge in [0, 0.05) is 5.92 Å². The molecule has 1 N–H and O–H groups in total. The average molecular weight is 274 g/mol. The molecular weight excluding hydrogens is 262 g/mol. The molecule has 1 aromatic carbocycles. The van der Waals surface area contributed by atoms with Gasteiger partial charge in [-0.05, 0) is 17.9 Å². The molecule has 1 heterocycles. The lowest BCUT2D eigenvalue weighted by Crippen LogP contribution is -2.15. The van der Waals surface area contributed by atoms with Gasteiger partial charge in [-0.3, -0.25) is 4.79 Å². The lowest BCUT2D eigenvalue weighted by atomic mass is 10.1. The molecule has 0 saturated heterocycles. The zero-order valence-electron chi connectivity index (χ0n) is 10.1. The summed E-state index contributed by atoms with van der Waals surface area (Å²) in [5.41, 5.74) is 1.21. The van der Waals surface area contributed by atoms with E-state index in [0.29, 0.717) is 16.9 Å². The minimum atomic E-state index is -0.00882. The fourth-order valence-corrected chi connectivity index (χ4v) is 2.25. The fraction of sp³-hybridized carbons (Fsp3) is 0.214. The van der Waals surface area contributed by atoms with Crippen LogP contribution in [0.5, 0.6) is 0 Å². The number of carbonyl (C=O) groups excluding carboxylic acids is 1. The molecule has 2 atom stereocenters. The molecule has 2 aromatic rings. The Morgan fingerprint density at radius 1 is 1.21 bits per heavy atom. The Morgan fingerprint density at radius 3 is 2.68 bits per heavy atom. The Hall–Kier alpha value is -1.94. The zero-order chi connectivity index (χ0) is 13.2. The van der Waals surface area contributed by atoms with Gasteiger partial charge in [0.1, 0.15) is 5.15 Å². The largest absolute Gasteiger partial charge is 0.309 e. The van der Waals surface area contributed by atoms with Crippen LogP contribution in [-0.2, 0) is 4.79 Å². The Bertz CT molecular complexity index is 585. The van der Waals surface area contributed by atoms with Crippen LogP contribution in [0.2, 0.25) is 5.15 Å². The molecule has 4 nitrogen and oxygen atoms in total. The van der Waals surface area contributed by atoms with Crippen LogP contribution >= 0.6 is 11.6 Å². The number of amides is 1. The van der Waals surface area contributed by atoms with E-state index in [0.717, 1.165) is 6.42 Å². The smallest absolute Gasteiger partial charge is 0.229 e. The maximum absolute atomic E-state index is 12.0. The van der Waals surface area contributed by atoms with Crippen molar-refractivity contribution in [2.45, 2.75) is 12.3 Å². The van der Waals surface area contributed by atoms with E-state index in [1.54, 1.807) is 0 Å². The molecule has 0 bridgehead atoms. The summed E-state index contributed by atoms with van der Waals surface area (Å²) in [6.45, 7) is 0. The van der Waals surface area contributed by atoms with Gasteiger partial charge in [-0.2, -0.15) is 0 Å². The average Bonchev–Trinajstić information content (AvgIpc) is 3.23. The molecule has 1 amide bonds. The molecule has 1 aliphatic rings. The lowest BCUT2D eigenvalue weighted by Gasteiger charge is -2.03. The second-order valence-electron chi connectivity index (χ2n) is 4.57. The van der Waals surface area contributed by atoms with Gasteiger partial charge in [-0.15, -0.1) is 0 Å². The molecule has 0 spiro atoms. The minimum absolute atomic E-state index is 0.00882. The van der Waals surface area contributed by atoms with Crippen molar-refractivity contribution in [1.29, 1.82) is 0 Å². The van der Waals surface area contributed by atoms with Crippen molar-refractivity contribution in [3.63, 3.8) is 0 Å². The standard InChI is InChI=1S/C14H12ClN3O/c15-12-7-17-13(8-16-12)18-14(19)11-6-10(11)9-4-2-1-3-5-9/h1-5,7-8,10-11H,6H2,(H,17,18,19). The molecule has 0 radical (unpaired) electrons. The highest BCUT2D eigenvalue weighted by molar-refractivity contribution is 6.29. The summed E-state index contributed by atoms with van der Waals surface area (Å²) in [5.74, 6) is 0.778. The summed E-state index contributed by atoms with van der Waals surface area (Å²) in [6, 6.07) is 10.1. The fourth-order valence-electron chi connectivity index (χ4n) is 2.15. The van der Waals surface area contributed by atoms with Gasteiger partial charge in [0.2, 0.25) is 5.91 Å². The van der Waals surface area contributed by atoms with E-state index in [9.17, 15) is 4.79 Å². The van der Waals surface area contributed by atoms with Crippen molar-refractivity contribution >= 4 is 23.3 Å². The van der Waals surface area contributed by atoms with Gasteiger partial charge < -0.3 is 5.32 Å². The number of nitrogens with zero attached hydrogens (tertiary/aromatic N) is 2. The van der Waals surface area contributed by atoms with Gasteiger partial charge >= 0.3 is 0 Å². The molecule has 1 fully saturated rings. The monoisotopic (exact) mass is 273 g/mol. The number of nitrogens with one attached hydrogen (secondary N) is 1. The highest BCUT2D eigenvalue weighted by atomic mass is 35.5. The van der Waals surface area contributed by atoms with Gasteiger partial charge in [0.25, 0.3) is 0 Å². The van der Waals surface area contributed by atoms with Crippen LogP contribution in [0.4, 0.5) is 5.82 Å². The maximum atomic E-state index is 12.0. The molecule has 2 unspecified atom stereocenters. The third-order valence-electron chi connectivity index (χ3n) is 3.23. The third kappa shape index (κ3) is 2.74. The normalized spacial score (nSPS) is 20.9. The van der Waals surface area contributed by atoms with E-state index in [2.05, 4.69) is 27.4 Å². The number of aromatic nitrogens is 2. The van der Waals surface area contributed by atoms with Crippen molar-refractivity contribution < 1.29 is 4.79 Å². The van der Waals surface area contributed by atoms with Crippen molar-refractivity contribution in [2.75, 3.05) is 5.32 Å². The first-order valence-electron chi connectivity index (χ1n) is 6.07. The van der Waals surface area contributed by atoms with Crippen LogP contribution in [0.3, 0.4) is 0 Å². The Balaban J connectivity index is 1.63. The van der Waals surface area contributed by atoms with Gasteiger partial charge in [0.05, 0.1) is 12.4 Å². The molecular formula is C14H12ClN3O. The van der Waals surface area contributed by atoms with E-state index >= 15 is 0 Å². The summed E-state index contributed by atoms with van der Waals surface area (Å²) in [6.07, 6.45) is 3.76. The first-order chi connectivity index (χ1) is 9.24.